The normalized spacial score (nSPS) is 24.1. The van der Waals surface area contributed by atoms with Crippen molar-refractivity contribution in [1.29, 1.82) is 0 Å². The van der Waals surface area contributed by atoms with E-state index in [0.717, 1.165) is 58.0 Å². The van der Waals surface area contributed by atoms with Crippen LogP contribution in [0.4, 0.5) is 0 Å². The molecule has 0 aromatic carbocycles. The van der Waals surface area contributed by atoms with Crippen molar-refractivity contribution >= 4 is 5.91 Å². The molecule has 1 aromatic rings. The second kappa shape index (κ2) is 8.48. The van der Waals surface area contributed by atoms with Crippen LogP contribution >= 0.6 is 0 Å². The molecule has 2 saturated heterocycles. The molecule has 3 fully saturated rings. The monoisotopic (exact) mass is 360 g/mol. The lowest BCUT2D eigenvalue weighted by Gasteiger charge is -2.37. The molecule has 0 unspecified atom stereocenters. The van der Waals surface area contributed by atoms with E-state index in [2.05, 4.69) is 20.5 Å². The average molecular weight is 361 g/mol. The summed E-state index contributed by atoms with van der Waals surface area (Å²) < 4.78 is 1.90. The van der Waals surface area contributed by atoms with Crippen molar-refractivity contribution in [3.8, 4) is 0 Å². The third kappa shape index (κ3) is 4.26. The number of piperidine rings is 1. The molecular weight excluding hydrogens is 328 g/mol. The van der Waals surface area contributed by atoms with Gasteiger partial charge in [-0.3, -0.25) is 9.69 Å². The summed E-state index contributed by atoms with van der Waals surface area (Å²) in [5.74, 6) is 0.915. The van der Waals surface area contributed by atoms with Gasteiger partial charge >= 0.3 is 0 Å². The maximum Gasteiger partial charge on any atom is 0.276 e. The number of hydrogen-bond acceptors (Lipinski definition) is 5. The maximum absolute atomic E-state index is 12.8. The van der Waals surface area contributed by atoms with Gasteiger partial charge in [0.05, 0.1) is 12.2 Å². The molecule has 4 rings (SSSR count). The van der Waals surface area contributed by atoms with Crippen molar-refractivity contribution in [2.24, 2.45) is 5.92 Å². The van der Waals surface area contributed by atoms with Crippen LogP contribution in [0.5, 0.6) is 0 Å². The van der Waals surface area contributed by atoms with Crippen LogP contribution in [0.2, 0.25) is 0 Å². The Morgan fingerprint density at radius 1 is 1.04 bits per heavy atom. The van der Waals surface area contributed by atoms with Gasteiger partial charge in [-0.1, -0.05) is 24.5 Å². The number of amides is 1. The van der Waals surface area contributed by atoms with Crippen LogP contribution in [0, 0.1) is 5.92 Å². The number of carbonyl (C=O) groups excluding carboxylic acids is 1. The third-order valence-corrected chi connectivity index (χ3v) is 6.31. The van der Waals surface area contributed by atoms with Gasteiger partial charge in [0, 0.05) is 32.7 Å². The number of piperazine rings is 1. The number of hydrogen-bond donors (Lipinski definition) is 1. The van der Waals surface area contributed by atoms with E-state index in [0.29, 0.717) is 11.7 Å². The van der Waals surface area contributed by atoms with Crippen molar-refractivity contribution in [3.63, 3.8) is 0 Å². The first-order valence-corrected chi connectivity index (χ1v) is 10.4. The molecule has 1 saturated carbocycles. The fraction of sp³-hybridized carbons (Fsp3) is 0.842. The van der Waals surface area contributed by atoms with Gasteiger partial charge < -0.3 is 10.2 Å². The Hall–Kier alpha value is -1.47. The minimum atomic E-state index is 0.0440. The average Bonchev–Trinajstić information content (AvgIpc) is 3.20. The van der Waals surface area contributed by atoms with Gasteiger partial charge in [0.15, 0.2) is 5.69 Å². The van der Waals surface area contributed by atoms with Crippen molar-refractivity contribution in [2.75, 3.05) is 45.8 Å². The second-order valence-electron chi connectivity index (χ2n) is 8.16. The molecule has 1 aromatic heterocycles. The Labute approximate surface area is 156 Å². The van der Waals surface area contributed by atoms with Gasteiger partial charge in [0.2, 0.25) is 0 Å². The number of carbonyl (C=O) groups is 1. The van der Waals surface area contributed by atoms with Gasteiger partial charge in [-0.25, -0.2) is 4.68 Å². The summed E-state index contributed by atoms with van der Waals surface area (Å²) in [6.45, 7) is 6.84. The lowest BCUT2D eigenvalue weighted by molar-refractivity contribution is 0.0600. The molecule has 26 heavy (non-hydrogen) atoms. The van der Waals surface area contributed by atoms with E-state index in [4.69, 9.17) is 0 Å². The third-order valence-electron chi connectivity index (χ3n) is 6.31. The van der Waals surface area contributed by atoms with Crippen LogP contribution < -0.4 is 5.32 Å². The zero-order valence-corrected chi connectivity index (χ0v) is 15.8. The second-order valence-corrected chi connectivity index (χ2v) is 8.16. The molecule has 0 radical (unpaired) electrons. The van der Waals surface area contributed by atoms with E-state index < -0.39 is 0 Å². The molecule has 7 nitrogen and oxygen atoms in total. The highest BCUT2D eigenvalue weighted by atomic mass is 16.2. The molecule has 7 heteroatoms. The van der Waals surface area contributed by atoms with Crippen LogP contribution in [-0.2, 0) is 0 Å². The van der Waals surface area contributed by atoms with Gasteiger partial charge in [-0.05, 0) is 44.7 Å². The lowest BCUT2D eigenvalue weighted by Crippen LogP contribution is -2.50. The Morgan fingerprint density at radius 2 is 1.77 bits per heavy atom. The van der Waals surface area contributed by atoms with Crippen LogP contribution in [0.3, 0.4) is 0 Å². The number of aromatic nitrogens is 3. The summed E-state index contributed by atoms with van der Waals surface area (Å²) in [5.41, 5.74) is 0.504. The van der Waals surface area contributed by atoms with Gasteiger partial charge in [0.25, 0.3) is 5.91 Å². The first kappa shape index (κ1) is 17.9. The van der Waals surface area contributed by atoms with E-state index in [1.807, 2.05) is 15.8 Å². The fourth-order valence-corrected chi connectivity index (χ4v) is 4.65. The summed E-state index contributed by atoms with van der Waals surface area (Å²) in [6, 6.07) is 0.373. The van der Waals surface area contributed by atoms with Crippen molar-refractivity contribution in [3.05, 3.63) is 11.9 Å². The van der Waals surface area contributed by atoms with Crippen molar-refractivity contribution in [2.45, 2.75) is 51.0 Å². The van der Waals surface area contributed by atoms with E-state index >= 15 is 0 Å². The molecule has 144 valence electrons. The van der Waals surface area contributed by atoms with Crippen LogP contribution in [-0.4, -0.2) is 76.5 Å². The zero-order chi connectivity index (χ0) is 17.8. The summed E-state index contributed by atoms with van der Waals surface area (Å²) in [7, 11) is 0. The van der Waals surface area contributed by atoms with Gasteiger partial charge in [0.1, 0.15) is 0 Å². The van der Waals surface area contributed by atoms with E-state index in [1.165, 1.54) is 38.6 Å². The Kier molecular flexibility index (Phi) is 5.84. The quantitative estimate of drug-likeness (QED) is 0.882. The van der Waals surface area contributed by atoms with Gasteiger partial charge in [-0.2, -0.15) is 0 Å². The fourth-order valence-electron chi connectivity index (χ4n) is 4.65. The minimum Gasteiger partial charge on any atom is -0.335 e. The highest BCUT2D eigenvalue weighted by Gasteiger charge is 2.26. The summed E-state index contributed by atoms with van der Waals surface area (Å²) in [6.07, 6.45) is 10.9. The molecule has 0 bridgehead atoms. The topological polar surface area (TPSA) is 66.3 Å². The van der Waals surface area contributed by atoms with Gasteiger partial charge in [-0.15, -0.1) is 5.10 Å². The first-order valence-electron chi connectivity index (χ1n) is 10.4. The SMILES string of the molecule is O=C(c1cn(C2CCNCC2)nn1)N1CCN(CC2CCCCC2)CC1. The smallest absolute Gasteiger partial charge is 0.276 e. The summed E-state index contributed by atoms with van der Waals surface area (Å²) in [5, 5.41) is 11.8. The first-order chi connectivity index (χ1) is 12.8. The Morgan fingerprint density at radius 3 is 2.50 bits per heavy atom. The molecule has 1 amide bonds. The molecule has 1 aliphatic carbocycles. The van der Waals surface area contributed by atoms with Crippen molar-refractivity contribution in [1.82, 2.24) is 30.1 Å². The number of nitrogens with zero attached hydrogens (tertiary/aromatic N) is 5. The Balaban J connectivity index is 1.27. The molecule has 0 atom stereocenters. The zero-order valence-electron chi connectivity index (χ0n) is 15.8. The predicted molar refractivity (Wildman–Crippen MR) is 100 cm³/mol. The highest BCUT2D eigenvalue weighted by Crippen LogP contribution is 2.25. The number of nitrogens with one attached hydrogen (secondary N) is 1. The van der Waals surface area contributed by atoms with E-state index in [9.17, 15) is 4.79 Å². The van der Waals surface area contributed by atoms with Crippen LogP contribution in [0.1, 0.15) is 61.5 Å². The molecule has 1 N–H and O–H groups in total. The Bertz CT molecular complexity index is 583. The minimum absolute atomic E-state index is 0.0440. The summed E-state index contributed by atoms with van der Waals surface area (Å²) in [4.78, 5) is 17.3. The lowest BCUT2D eigenvalue weighted by atomic mass is 9.89. The molecule has 3 heterocycles. The molecule has 3 aliphatic rings. The van der Waals surface area contributed by atoms with Crippen LogP contribution in [0.15, 0.2) is 6.20 Å². The standard InChI is InChI=1S/C19H32N6O/c26-19(18-15-25(22-21-18)17-6-8-20-9-7-17)24-12-10-23(11-13-24)14-16-4-2-1-3-5-16/h15-17,20H,1-14H2. The highest BCUT2D eigenvalue weighted by molar-refractivity contribution is 5.92. The van der Waals surface area contributed by atoms with Crippen molar-refractivity contribution < 1.29 is 4.79 Å². The maximum atomic E-state index is 12.8. The summed E-state index contributed by atoms with van der Waals surface area (Å²) >= 11 is 0. The van der Waals surface area contributed by atoms with E-state index in [-0.39, 0.29) is 5.91 Å². The van der Waals surface area contributed by atoms with E-state index in [1.54, 1.807) is 0 Å². The largest absolute Gasteiger partial charge is 0.335 e. The van der Waals surface area contributed by atoms with Crippen LogP contribution in [0.25, 0.3) is 0 Å². The molecule has 2 aliphatic heterocycles. The predicted octanol–water partition coefficient (Wildman–Crippen LogP) is 1.54. The molecular formula is C19H32N6O. The molecule has 0 spiro atoms. The number of rotatable bonds is 4.